The van der Waals surface area contributed by atoms with E-state index in [9.17, 15) is 4.79 Å². The Morgan fingerprint density at radius 1 is 1.50 bits per heavy atom. The van der Waals surface area contributed by atoms with Crippen molar-refractivity contribution < 1.29 is 9.90 Å². The van der Waals surface area contributed by atoms with Gasteiger partial charge in [-0.2, -0.15) is 0 Å². The van der Waals surface area contributed by atoms with Crippen LogP contribution in [-0.4, -0.2) is 23.7 Å². The standard InChI is InChI=1S/C15H19NO2/c1-11-10-13(6-8-15(17)18)5-7-14(11)16-9-3-4-12(16)2/h5-8,10,12H,3-4,9H2,1-2H3,(H,17,18). The summed E-state index contributed by atoms with van der Waals surface area (Å²) in [6.07, 6.45) is 5.31. The van der Waals surface area contributed by atoms with Gasteiger partial charge in [-0.15, -0.1) is 0 Å². The third kappa shape index (κ3) is 2.73. The molecule has 3 nitrogen and oxygen atoms in total. The molecule has 18 heavy (non-hydrogen) atoms. The number of aryl methyl sites for hydroxylation is 1. The molecule has 1 unspecified atom stereocenters. The maximum absolute atomic E-state index is 10.5. The van der Waals surface area contributed by atoms with Crippen LogP contribution in [0.4, 0.5) is 5.69 Å². The quantitative estimate of drug-likeness (QED) is 0.832. The summed E-state index contributed by atoms with van der Waals surface area (Å²) in [7, 11) is 0. The molecule has 1 aromatic rings. The van der Waals surface area contributed by atoms with Gasteiger partial charge in [0.05, 0.1) is 0 Å². The average molecular weight is 245 g/mol. The largest absolute Gasteiger partial charge is 0.478 e. The van der Waals surface area contributed by atoms with Crippen molar-refractivity contribution in [3.05, 3.63) is 35.4 Å². The van der Waals surface area contributed by atoms with Crippen molar-refractivity contribution in [2.45, 2.75) is 32.7 Å². The molecule has 0 bridgehead atoms. The first-order chi connectivity index (χ1) is 8.58. The molecule has 0 radical (unpaired) electrons. The first-order valence-electron chi connectivity index (χ1n) is 6.36. The molecule has 0 aliphatic carbocycles. The van der Waals surface area contributed by atoms with Crippen LogP contribution in [0.5, 0.6) is 0 Å². The van der Waals surface area contributed by atoms with Crippen LogP contribution in [0, 0.1) is 6.92 Å². The number of nitrogens with zero attached hydrogens (tertiary/aromatic N) is 1. The Kier molecular flexibility index (Phi) is 3.70. The third-order valence-corrected chi connectivity index (χ3v) is 3.50. The molecule has 1 aliphatic rings. The number of carboxylic acids is 1. The Labute approximate surface area is 108 Å². The molecule has 3 heteroatoms. The lowest BCUT2D eigenvalue weighted by Gasteiger charge is -2.25. The van der Waals surface area contributed by atoms with Crippen LogP contribution in [0.15, 0.2) is 24.3 Å². The predicted octanol–water partition coefficient (Wildman–Crippen LogP) is 3.08. The molecule has 0 aromatic heterocycles. The number of hydrogen-bond donors (Lipinski definition) is 1. The number of benzene rings is 1. The summed E-state index contributed by atoms with van der Waals surface area (Å²) in [5, 5.41) is 8.61. The molecular weight excluding hydrogens is 226 g/mol. The van der Waals surface area contributed by atoms with E-state index in [0.717, 1.165) is 12.1 Å². The van der Waals surface area contributed by atoms with Crippen molar-refractivity contribution in [1.29, 1.82) is 0 Å². The highest BCUT2D eigenvalue weighted by Crippen LogP contribution is 2.29. The van der Waals surface area contributed by atoms with Gasteiger partial charge < -0.3 is 10.0 Å². The number of carboxylic acid groups (broad SMARTS) is 1. The van der Waals surface area contributed by atoms with Crippen molar-refractivity contribution in [3.63, 3.8) is 0 Å². The van der Waals surface area contributed by atoms with Crippen LogP contribution < -0.4 is 4.90 Å². The zero-order valence-electron chi connectivity index (χ0n) is 10.9. The normalized spacial score (nSPS) is 19.7. The molecule has 1 saturated heterocycles. The lowest BCUT2D eigenvalue weighted by Crippen LogP contribution is -2.26. The van der Waals surface area contributed by atoms with Gasteiger partial charge >= 0.3 is 5.97 Å². The minimum atomic E-state index is -0.912. The average Bonchev–Trinajstić information content (AvgIpc) is 2.73. The van der Waals surface area contributed by atoms with E-state index in [-0.39, 0.29) is 0 Å². The maximum atomic E-state index is 10.5. The van der Waals surface area contributed by atoms with Crippen molar-refractivity contribution >= 4 is 17.7 Å². The minimum Gasteiger partial charge on any atom is -0.478 e. The predicted molar refractivity (Wildman–Crippen MR) is 73.9 cm³/mol. The molecule has 1 heterocycles. The molecule has 96 valence electrons. The maximum Gasteiger partial charge on any atom is 0.328 e. The molecule has 1 atom stereocenters. The van der Waals surface area contributed by atoms with Gasteiger partial charge in [-0.3, -0.25) is 0 Å². The molecule has 0 saturated carbocycles. The van der Waals surface area contributed by atoms with Crippen LogP contribution in [0.25, 0.3) is 6.08 Å². The Hall–Kier alpha value is -1.77. The van der Waals surface area contributed by atoms with Gasteiger partial charge in [0.15, 0.2) is 0 Å². The van der Waals surface area contributed by atoms with Gasteiger partial charge in [0, 0.05) is 24.4 Å². The van der Waals surface area contributed by atoms with E-state index in [1.54, 1.807) is 6.08 Å². The Bertz CT molecular complexity index is 479. The van der Waals surface area contributed by atoms with Gasteiger partial charge in [-0.25, -0.2) is 4.79 Å². The highest BCUT2D eigenvalue weighted by Gasteiger charge is 2.21. The zero-order valence-corrected chi connectivity index (χ0v) is 10.9. The summed E-state index contributed by atoms with van der Waals surface area (Å²) < 4.78 is 0. The van der Waals surface area contributed by atoms with Crippen LogP contribution in [-0.2, 0) is 4.79 Å². The first-order valence-corrected chi connectivity index (χ1v) is 6.36. The molecule has 1 aromatic carbocycles. The smallest absolute Gasteiger partial charge is 0.328 e. The number of rotatable bonds is 3. The molecule has 0 amide bonds. The van der Waals surface area contributed by atoms with E-state index in [1.165, 1.54) is 30.2 Å². The lowest BCUT2D eigenvalue weighted by atomic mass is 10.1. The summed E-state index contributed by atoms with van der Waals surface area (Å²) >= 11 is 0. The highest BCUT2D eigenvalue weighted by atomic mass is 16.4. The molecule has 0 spiro atoms. The molecule has 2 rings (SSSR count). The summed E-state index contributed by atoms with van der Waals surface area (Å²) in [6.45, 7) is 5.45. The van der Waals surface area contributed by atoms with Gasteiger partial charge in [-0.05, 0) is 56.0 Å². The second-order valence-electron chi connectivity index (χ2n) is 4.90. The van der Waals surface area contributed by atoms with Crippen molar-refractivity contribution in [3.8, 4) is 0 Å². The van der Waals surface area contributed by atoms with E-state index >= 15 is 0 Å². The van der Waals surface area contributed by atoms with Gasteiger partial charge in [0.25, 0.3) is 0 Å². The van der Waals surface area contributed by atoms with Crippen LogP contribution in [0.2, 0.25) is 0 Å². The van der Waals surface area contributed by atoms with Crippen LogP contribution in [0.3, 0.4) is 0 Å². The summed E-state index contributed by atoms with van der Waals surface area (Å²) in [4.78, 5) is 12.9. The van der Waals surface area contributed by atoms with Gasteiger partial charge in [0.1, 0.15) is 0 Å². The Morgan fingerprint density at radius 3 is 2.83 bits per heavy atom. The van der Waals surface area contributed by atoms with E-state index < -0.39 is 5.97 Å². The number of hydrogen-bond acceptors (Lipinski definition) is 2. The van der Waals surface area contributed by atoms with Crippen molar-refractivity contribution in [2.24, 2.45) is 0 Å². The fourth-order valence-electron chi connectivity index (χ4n) is 2.56. The monoisotopic (exact) mass is 245 g/mol. The van der Waals surface area contributed by atoms with Crippen molar-refractivity contribution in [2.75, 3.05) is 11.4 Å². The number of carbonyl (C=O) groups is 1. The fraction of sp³-hybridized carbons (Fsp3) is 0.400. The lowest BCUT2D eigenvalue weighted by molar-refractivity contribution is -0.131. The summed E-state index contributed by atoms with van der Waals surface area (Å²) in [5.41, 5.74) is 3.41. The van der Waals surface area contributed by atoms with Gasteiger partial charge in [0.2, 0.25) is 0 Å². The van der Waals surface area contributed by atoms with E-state index in [0.29, 0.717) is 6.04 Å². The first kappa shape index (κ1) is 12.7. The minimum absolute atomic E-state index is 0.601. The summed E-state index contributed by atoms with van der Waals surface area (Å²) in [6, 6.07) is 6.72. The zero-order chi connectivity index (χ0) is 13.1. The van der Waals surface area contributed by atoms with Crippen LogP contribution in [0.1, 0.15) is 30.9 Å². The third-order valence-electron chi connectivity index (χ3n) is 3.50. The van der Waals surface area contributed by atoms with Crippen molar-refractivity contribution in [1.82, 2.24) is 0 Å². The molecule has 1 fully saturated rings. The Balaban J connectivity index is 2.22. The van der Waals surface area contributed by atoms with E-state index in [1.807, 2.05) is 12.1 Å². The van der Waals surface area contributed by atoms with Gasteiger partial charge in [-0.1, -0.05) is 6.07 Å². The highest BCUT2D eigenvalue weighted by molar-refractivity contribution is 5.85. The summed E-state index contributed by atoms with van der Waals surface area (Å²) in [5.74, 6) is -0.912. The second-order valence-corrected chi connectivity index (χ2v) is 4.90. The SMILES string of the molecule is Cc1cc(C=CC(=O)O)ccc1N1CCCC1C. The van der Waals surface area contributed by atoms with E-state index in [2.05, 4.69) is 24.8 Å². The molecule has 1 aliphatic heterocycles. The number of aliphatic carboxylic acids is 1. The topological polar surface area (TPSA) is 40.5 Å². The fourth-order valence-corrected chi connectivity index (χ4v) is 2.56. The Morgan fingerprint density at radius 2 is 2.28 bits per heavy atom. The number of anilines is 1. The molecule has 1 N–H and O–H groups in total. The molecular formula is C15H19NO2. The van der Waals surface area contributed by atoms with Crippen LogP contribution >= 0.6 is 0 Å². The van der Waals surface area contributed by atoms with E-state index in [4.69, 9.17) is 5.11 Å². The second kappa shape index (κ2) is 5.25.